The number of nitrogens with zero attached hydrogens (tertiary/aromatic N) is 1. The van der Waals surface area contributed by atoms with E-state index in [9.17, 15) is 0 Å². The zero-order chi connectivity index (χ0) is 9.90. The maximum absolute atomic E-state index is 4.42. The molecule has 0 radical (unpaired) electrons. The molecule has 0 atom stereocenters. The second-order valence-electron chi connectivity index (χ2n) is 4.05. The minimum atomic E-state index is 1.05. The molecular weight excluding hydrogens is 170 g/mol. The molecule has 14 heavy (non-hydrogen) atoms. The number of rotatable bonds is 0. The fraction of sp³-hybridized carbons (Fsp3) is 0.769. The molecule has 0 amide bonds. The van der Waals surface area contributed by atoms with Crippen LogP contribution in [-0.4, -0.2) is 12.8 Å². The number of hydrogen-bond acceptors (Lipinski definition) is 1. The third kappa shape index (κ3) is 6.88. The molecule has 0 spiro atoms. The first kappa shape index (κ1) is 11.5. The first-order valence-corrected chi connectivity index (χ1v) is 6.13. The molecule has 0 aromatic heterocycles. The van der Waals surface area contributed by atoms with Gasteiger partial charge in [0, 0.05) is 6.54 Å². The van der Waals surface area contributed by atoms with Crippen LogP contribution in [0.25, 0.3) is 0 Å². The quantitative estimate of drug-likeness (QED) is 0.513. The molecular formula is C13H23N. The van der Waals surface area contributed by atoms with Crippen LogP contribution in [0.15, 0.2) is 17.1 Å². The van der Waals surface area contributed by atoms with E-state index in [0.717, 1.165) is 6.54 Å². The molecule has 1 heterocycles. The van der Waals surface area contributed by atoms with Gasteiger partial charge in [-0.15, -0.1) is 0 Å². The molecule has 1 rings (SSSR count). The highest BCUT2D eigenvalue weighted by Gasteiger charge is 1.89. The third-order valence-electron chi connectivity index (χ3n) is 2.66. The van der Waals surface area contributed by atoms with Crippen molar-refractivity contribution in [1.82, 2.24) is 0 Å². The van der Waals surface area contributed by atoms with Gasteiger partial charge >= 0.3 is 0 Å². The van der Waals surface area contributed by atoms with Crippen LogP contribution in [0.3, 0.4) is 0 Å². The Hall–Kier alpha value is -0.590. The Morgan fingerprint density at radius 3 is 2.07 bits per heavy atom. The van der Waals surface area contributed by atoms with Crippen molar-refractivity contribution in [1.29, 1.82) is 0 Å². The fourth-order valence-electron chi connectivity index (χ4n) is 1.73. The lowest BCUT2D eigenvalue weighted by atomic mass is 10.1. The number of aliphatic imine (C=N–C) groups is 1. The molecule has 0 aromatic carbocycles. The smallest absolute Gasteiger partial charge is 0.0385 e. The summed E-state index contributed by atoms with van der Waals surface area (Å²) in [5.74, 6) is 0. The molecule has 1 aliphatic heterocycles. The maximum Gasteiger partial charge on any atom is 0.0385 e. The monoisotopic (exact) mass is 193 g/mol. The Kier molecular flexibility index (Phi) is 7.37. The van der Waals surface area contributed by atoms with Gasteiger partial charge in [-0.2, -0.15) is 0 Å². The number of allylic oxidation sites excluding steroid dienone is 2. The summed E-state index contributed by atoms with van der Waals surface area (Å²) in [6.07, 6.45) is 18.5. The third-order valence-corrected chi connectivity index (χ3v) is 2.66. The van der Waals surface area contributed by atoms with E-state index in [1.165, 1.54) is 57.8 Å². The van der Waals surface area contributed by atoms with Crippen LogP contribution < -0.4 is 0 Å². The molecule has 0 aliphatic carbocycles. The normalized spacial score (nSPS) is 21.7. The van der Waals surface area contributed by atoms with Crippen molar-refractivity contribution < 1.29 is 0 Å². The van der Waals surface area contributed by atoms with Crippen molar-refractivity contribution >= 4 is 6.21 Å². The van der Waals surface area contributed by atoms with E-state index in [-0.39, 0.29) is 0 Å². The van der Waals surface area contributed by atoms with Crippen LogP contribution in [0.5, 0.6) is 0 Å². The van der Waals surface area contributed by atoms with Crippen LogP contribution in [0.4, 0.5) is 0 Å². The van der Waals surface area contributed by atoms with E-state index in [4.69, 9.17) is 0 Å². The molecule has 0 aromatic rings. The van der Waals surface area contributed by atoms with Crippen molar-refractivity contribution in [2.45, 2.75) is 57.8 Å². The Morgan fingerprint density at radius 2 is 1.29 bits per heavy atom. The Bertz CT molecular complexity index is 134. The van der Waals surface area contributed by atoms with Crippen molar-refractivity contribution in [2.24, 2.45) is 4.99 Å². The average Bonchev–Trinajstić information content (AvgIpc) is 2.22. The van der Waals surface area contributed by atoms with Crippen LogP contribution in [-0.2, 0) is 0 Å². The summed E-state index contributed by atoms with van der Waals surface area (Å²) in [5, 5.41) is 0. The standard InChI is InChI=1S/C13H23N/c1-2-4-6-8-10-12-14-13-11-9-7-5-3-1/h1-2,13H,3-12H2. The first-order chi connectivity index (χ1) is 7.00. The molecule has 0 fully saturated rings. The summed E-state index contributed by atoms with van der Waals surface area (Å²) in [4.78, 5) is 4.42. The Labute approximate surface area is 88.3 Å². The zero-order valence-corrected chi connectivity index (χ0v) is 9.25. The van der Waals surface area contributed by atoms with Gasteiger partial charge in [-0.25, -0.2) is 0 Å². The van der Waals surface area contributed by atoms with Gasteiger partial charge in [0.1, 0.15) is 0 Å². The zero-order valence-electron chi connectivity index (χ0n) is 9.25. The van der Waals surface area contributed by atoms with Crippen molar-refractivity contribution in [2.75, 3.05) is 6.54 Å². The molecule has 0 unspecified atom stereocenters. The van der Waals surface area contributed by atoms with Gasteiger partial charge in [-0.05, 0) is 51.2 Å². The van der Waals surface area contributed by atoms with Gasteiger partial charge < -0.3 is 0 Å². The largest absolute Gasteiger partial charge is 0.298 e. The average molecular weight is 193 g/mol. The molecule has 1 nitrogen and oxygen atoms in total. The van der Waals surface area contributed by atoms with E-state index in [2.05, 4.69) is 23.4 Å². The first-order valence-electron chi connectivity index (χ1n) is 6.13. The molecule has 1 heteroatoms. The highest BCUT2D eigenvalue weighted by atomic mass is 14.7. The van der Waals surface area contributed by atoms with Gasteiger partial charge in [-0.3, -0.25) is 4.99 Å². The van der Waals surface area contributed by atoms with Crippen LogP contribution in [0.2, 0.25) is 0 Å². The van der Waals surface area contributed by atoms with E-state index in [1.54, 1.807) is 0 Å². The minimum absolute atomic E-state index is 1.05. The van der Waals surface area contributed by atoms with Gasteiger partial charge in [0.25, 0.3) is 0 Å². The molecule has 0 saturated carbocycles. The van der Waals surface area contributed by atoms with E-state index < -0.39 is 0 Å². The molecule has 1 aliphatic rings. The van der Waals surface area contributed by atoms with Crippen molar-refractivity contribution in [3.05, 3.63) is 12.2 Å². The van der Waals surface area contributed by atoms with Gasteiger partial charge in [0.05, 0.1) is 0 Å². The Balaban J connectivity index is 2.15. The van der Waals surface area contributed by atoms with Crippen molar-refractivity contribution in [3.8, 4) is 0 Å². The summed E-state index contributed by atoms with van der Waals surface area (Å²) in [7, 11) is 0. The van der Waals surface area contributed by atoms with Crippen molar-refractivity contribution in [3.63, 3.8) is 0 Å². The van der Waals surface area contributed by atoms with Crippen LogP contribution in [0, 0.1) is 0 Å². The molecule has 0 N–H and O–H groups in total. The lowest BCUT2D eigenvalue weighted by molar-refractivity contribution is 0.681. The minimum Gasteiger partial charge on any atom is -0.298 e. The molecule has 0 bridgehead atoms. The predicted molar refractivity (Wildman–Crippen MR) is 64.1 cm³/mol. The number of hydrogen-bond donors (Lipinski definition) is 0. The summed E-state index contributed by atoms with van der Waals surface area (Å²) in [5.41, 5.74) is 0. The second kappa shape index (κ2) is 8.98. The SMILES string of the molecule is C1=CCCCCCN=CCCCCC1. The van der Waals surface area contributed by atoms with E-state index in [0.29, 0.717) is 0 Å². The van der Waals surface area contributed by atoms with E-state index >= 15 is 0 Å². The van der Waals surface area contributed by atoms with Crippen LogP contribution in [0.1, 0.15) is 57.8 Å². The van der Waals surface area contributed by atoms with Gasteiger partial charge in [0.2, 0.25) is 0 Å². The van der Waals surface area contributed by atoms with Gasteiger partial charge in [-0.1, -0.05) is 25.0 Å². The summed E-state index contributed by atoms with van der Waals surface area (Å²) < 4.78 is 0. The predicted octanol–water partition coefficient (Wildman–Crippen LogP) is 4.14. The van der Waals surface area contributed by atoms with Crippen LogP contribution >= 0.6 is 0 Å². The summed E-state index contributed by atoms with van der Waals surface area (Å²) >= 11 is 0. The summed E-state index contributed by atoms with van der Waals surface area (Å²) in [6.45, 7) is 1.05. The molecule has 0 saturated heterocycles. The fourth-order valence-corrected chi connectivity index (χ4v) is 1.73. The van der Waals surface area contributed by atoms with E-state index in [1.807, 2.05) is 0 Å². The Morgan fingerprint density at radius 1 is 0.643 bits per heavy atom. The lowest BCUT2D eigenvalue weighted by Crippen LogP contribution is -1.85. The topological polar surface area (TPSA) is 12.4 Å². The maximum atomic E-state index is 4.42. The highest BCUT2D eigenvalue weighted by Crippen LogP contribution is 2.06. The lowest BCUT2D eigenvalue weighted by Gasteiger charge is -1.98. The molecule has 80 valence electrons. The highest BCUT2D eigenvalue weighted by molar-refractivity contribution is 5.56. The summed E-state index contributed by atoms with van der Waals surface area (Å²) in [6, 6.07) is 0. The second-order valence-corrected chi connectivity index (χ2v) is 4.05. The van der Waals surface area contributed by atoms with Gasteiger partial charge in [0.15, 0.2) is 0 Å².